The molecule has 0 spiro atoms. The Morgan fingerprint density at radius 2 is 1.88 bits per heavy atom. The average molecular weight is 324 g/mol. The monoisotopic (exact) mass is 324 g/mol. The number of nitrogens with zero attached hydrogens (tertiary/aromatic N) is 2. The van der Waals surface area contributed by atoms with E-state index in [1.165, 1.54) is 31.0 Å². The Morgan fingerprint density at radius 1 is 1.08 bits per heavy atom. The summed E-state index contributed by atoms with van der Waals surface area (Å²) >= 11 is 0. The highest BCUT2D eigenvalue weighted by Gasteiger charge is 2.17. The minimum absolute atomic E-state index is 0.132. The van der Waals surface area contributed by atoms with E-state index in [2.05, 4.69) is 45.7 Å². The second kappa shape index (κ2) is 7.43. The molecular weight excluding hydrogens is 300 g/mol. The minimum atomic E-state index is -0.132. The predicted octanol–water partition coefficient (Wildman–Crippen LogP) is 3.90. The molecule has 126 valence electrons. The van der Waals surface area contributed by atoms with Gasteiger partial charge in [-0.25, -0.2) is 9.97 Å². The molecule has 1 amide bonds. The van der Waals surface area contributed by atoms with Crippen molar-refractivity contribution < 1.29 is 4.79 Å². The maximum absolute atomic E-state index is 12.2. The van der Waals surface area contributed by atoms with E-state index < -0.39 is 0 Å². The molecule has 5 nitrogen and oxygen atoms in total. The Hall–Kier alpha value is -2.43. The Bertz CT molecular complexity index is 706. The number of carbonyl (C=O) groups excluding carboxylic acids is 1. The van der Waals surface area contributed by atoms with Crippen LogP contribution in [0, 0.1) is 13.8 Å². The minimum Gasteiger partial charge on any atom is -0.348 e. The van der Waals surface area contributed by atoms with Crippen LogP contribution >= 0.6 is 0 Å². The number of benzene rings is 1. The Morgan fingerprint density at radius 3 is 2.58 bits per heavy atom. The lowest BCUT2D eigenvalue weighted by atomic mass is 9.95. The number of anilines is 2. The van der Waals surface area contributed by atoms with Gasteiger partial charge in [0.05, 0.1) is 12.4 Å². The van der Waals surface area contributed by atoms with E-state index in [0.717, 1.165) is 24.1 Å². The molecule has 0 unspecified atom stereocenters. The summed E-state index contributed by atoms with van der Waals surface area (Å²) in [7, 11) is 0. The van der Waals surface area contributed by atoms with Gasteiger partial charge in [0, 0.05) is 11.7 Å². The van der Waals surface area contributed by atoms with Crippen LogP contribution in [0.15, 0.2) is 30.6 Å². The van der Waals surface area contributed by atoms with Gasteiger partial charge in [0.25, 0.3) is 5.91 Å². The topological polar surface area (TPSA) is 66.9 Å². The van der Waals surface area contributed by atoms with E-state index in [1.54, 1.807) is 6.20 Å². The number of carbonyl (C=O) groups is 1. The first kappa shape index (κ1) is 16.4. The molecule has 0 atom stereocenters. The number of hydrogen-bond donors (Lipinski definition) is 2. The Kier molecular flexibility index (Phi) is 5.08. The molecule has 0 bridgehead atoms. The van der Waals surface area contributed by atoms with Crippen molar-refractivity contribution in [2.45, 2.75) is 52.0 Å². The summed E-state index contributed by atoms with van der Waals surface area (Å²) in [4.78, 5) is 20.8. The van der Waals surface area contributed by atoms with E-state index in [1.807, 2.05) is 6.92 Å². The summed E-state index contributed by atoms with van der Waals surface area (Å²) in [5.74, 6) is 0.505. The van der Waals surface area contributed by atoms with Crippen LogP contribution in [0.5, 0.6) is 0 Å². The molecule has 1 aromatic carbocycles. The lowest BCUT2D eigenvalue weighted by molar-refractivity contribution is 0.0922. The average Bonchev–Trinajstić information content (AvgIpc) is 2.60. The number of aryl methyl sites for hydroxylation is 2. The summed E-state index contributed by atoms with van der Waals surface area (Å²) in [5.41, 5.74) is 3.69. The molecule has 0 saturated heterocycles. The maximum atomic E-state index is 12.2. The Labute approximate surface area is 142 Å². The van der Waals surface area contributed by atoms with Crippen LogP contribution in [0.1, 0.15) is 53.7 Å². The fraction of sp³-hybridized carbons (Fsp3) is 0.421. The quantitative estimate of drug-likeness (QED) is 0.895. The van der Waals surface area contributed by atoms with Gasteiger partial charge in [-0.1, -0.05) is 31.4 Å². The van der Waals surface area contributed by atoms with E-state index in [4.69, 9.17) is 0 Å². The summed E-state index contributed by atoms with van der Waals surface area (Å²) in [5, 5.41) is 6.31. The summed E-state index contributed by atoms with van der Waals surface area (Å²) in [6, 6.07) is 6.49. The second-order valence-electron chi connectivity index (χ2n) is 6.54. The van der Waals surface area contributed by atoms with Gasteiger partial charge in [-0.15, -0.1) is 0 Å². The van der Waals surface area contributed by atoms with Crippen LogP contribution in [-0.2, 0) is 0 Å². The Balaban J connectivity index is 1.64. The lowest BCUT2D eigenvalue weighted by Gasteiger charge is -2.22. The molecular formula is C19H24N4O. The van der Waals surface area contributed by atoms with Gasteiger partial charge in [0.1, 0.15) is 11.5 Å². The summed E-state index contributed by atoms with van der Waals surface area (Å²) in [6.07, 6.45) is 8.91. The van der Waals surface area contributed by atoms with Crippen molar-refractivity contribution in [3.05, 3.63) is 47.4 Å². The predicted molar refractivity (Wildman–Crippen MR) is 95.6 cm³/mol. The van der Waals surface area contributed by atoms with Crippen LogP contribution in [0.2, 0.25) is 0 Å². The zero-order valence-corrected chi connectivity index (χ0v) is 14.3. The standard InChI is InChI=1S/C19H24N4O/c1-13-8-9-14(2)16(10-13)23-18-12-20-17(11-21-18)19(24)22-15-6-4-3-5-7-15/h8-12,15H,3-7H2,1-2H3,(H,21,23)(H,22,24). The first-order valence-electron chi connectivity index (χ1n) is 8.59. The fourth-order valence-corrected chi connectivity index (χ4v) is 3.02. The number of amides is 1. The van der Waals surface area contributed by atoms with Gasteiger partial charge in [-0.05, 0) is 43.9 Å². The molecule has 1 aromatic heterocycles. The number of aromatic nitrogens is 2. The van der Waals surface area contributed by atoms with Gasteiger partial charge in [0.2, 0.25) is 0 Å². The van der Waals surface area contributed by atoms with Gasteiger partial charge >= 0.3 is 0 Å². The maximum Gasteiger partial charge on any atom is 0.271 e. The third-order valence-electron chi connectivity index (χ3n) is 4.48. The molecule has 0 aliphatic heterocycles. The molecule has 24 heavy (non-hydrogen) atoms. The molecule has 1 fully saturated rings. The largest absolute Gasteiger partial charge is 0.348 e. The summed E-state index contributed by atoms with van der Waals surface area (Å²) in [6.45, 7) is 4.09. The third-order valence-corrected chi connectivity index (χ3v) is 4.48. The molecule has 2 aromatic rings. The van der Waals surface area contributed by atoms with Gasteiger partial charge in [0.15, 0.2) is 0 Å². The first-order chi connectivity index (χ1) is 11.6. The van der Waals surface area contributed by atoms with Gasteiger partial charge < -0.3 is 10.6 Å². The smallest absolute Gasteiger partial charge is 0.271 e. The van der Waals surface area contributed by atoms with E-state index in [9.17, 15) is 4.79 Å². The van der Waals surface area contributed by atoms with Gasteiger partial charge in [-0.3, -0.25) is 4.79 Å². The van der Waals surface area contributed by atoms with Crippen molar-refractivity contribution in [2.24, 2.45) is 0 Å². The molecule has 1 heterocycles. The second-order valence-corrected chi connectivity index (χ2v) is 6.54. The SMILES string of the molecule is Cc1ccc(C)c(Nc2cnc(C(=O)NC3CCCCC3)cn2)c1. The highest BCUT2D eigenvalue weighted by atomic mass is 16.1. The third kappa shape index (κ3) is 4.10. The lowest BCUT2D eigenvalue weighted by Crippen LogP contribution is -2.36. The molecule has 5 heteroatoms. The highest BCUT2D eigenvalue weighted by molar-refractivity contribution is 5.92. The van der Waals surface area contributed by atoms with Crippen molar-refractivity contribution in [3.8, 4) is 0 Å². The highest BCUT2D eigenvalue weighted by Crippen LogP contribution is 2.20. The zero-order chi connectivity index (χ0) is 16.9. The number of hydrogen-bond acceptors (Lipinski definition) is 4. The van der Waals surface area contributed by atoms with E-state index >= 15 is 0 Å². The molecule has 1 aliphatic rings. The van der Waals surface area contributed by atoms with Crippen LogP contribution in [0.4, 0.5) is 11.5 Å². The molecule has 2 N–H and O–H groups in total. The molecule has 0 radical (unpaired) electrons. The van der Waals surface area contributed by atoms with Crippen molar-refractivity contribution in [1.82, 2.24) is 15.3 Å². The first-order valence-corrected chi connectivity index (χ1v) is 8.59. The van der Waals surface area contributed by atoms with Crippen molar-refractivity contribution >= 4 is 17.4 Å². The number of rotatable bonds is 4. The molecule has 1 aliphatic carbocycles. The van der Waals surface area contributed by atoms with Crippen LogP contribution in [0.25, 0.3) is 0 Å². The van der Waals surface area contributed by atoms with Crippen molar-refractivity contribution in [2.75, 3.05) is 5.32 Å². The van der Waals surface area contributed by atoms with E-state index in [0.29, 0.717) is 11.5 Å². The summed E-state index contributed by atoms with van der Waals surface area (Å²) < 4.78 is 0. The van der Waals surface area contributed by atoms with E-state index in [-0.39, 0.29) is 11.9 Å². The van der Waals surface area contributed by atoms with Crippen LogP contribution in [-0.4, -0.2) is 21.9 Å². The normalized spacial score (nSPS) is 15.1. The van der Waals surface area contributed by atoms with Crippen molar-refractivity contribution in [3.63, 3.8) is 0 Å². The molecule has 1 saturated carbocycles. The molecule has 3 rings (SSSR count). The van der Waals surface area contributed by atoms with Gasteiger partial charge in [-0.2, -0.15) is 0 Å². The zero-order valence-electron chi connectivity index (χ0n) is 14.3. The number of nitrogens with one attached hydrogen (secondary N) is 2. The van der Waals surface area contributed by atoms with Crippen LogP contribution < -0.4 is 10.6 Å². The van der Waals surface area contributed by atoms with Crippen LogP contribution in [0.3, 0.4) is 0 Å². The van der Waals surface area contributed by atoms with Crippen molar-refractivity contribution in [1.29, 1.82) is 0 Å². The fourth-order valence-electron chi connectivity index (χ4n) is 3.02.